The second kappa shape index (κ2) is 11.1. The average Bonchev–Trinajstić information content (AvgIpc) is 3.39. The van der Waals surface area contributed by atoms with Gasteiger partial charge in [-0.2, -0.15) is 9.67 Å². The first-order valence-electron chi connectivity index (χ1n) is 10.2. The number of amides is 2. The predicted octanol–water partition coefficient (Wildman–Crippen LogP) is 2.38. The van der Waals surface area contributed by atoms with Gasteiger partial charge >= 0.3 is 17.6 Å². The number of hydrogen-bond donors (Lipinski definition) is 2. The van der Waals surface area contributed by atoms with Crippen molar-refractivity contribution in [1.29, 1.82) is 0 Å². The minimum absolute atomic E-state index is 0.0745. The molecule has 35 heavy (non-hydrogen) atoms. The van der Waals surface area contributed by atoms with Gasteiger partial charge in [0, 0.05) is 18.1 Å². The molecule has 0 aliphatic carbocycles. The zero-order valence-electron chi connectivity index (χ0n) is 18.9. The molecule has 0 atom stereocenters. The van der Waals surface area contributed by atoms with E-state index in [1.54, 1.807) is 19.1 Å². The van der Waals surface area contributed by atoms with Crippen LogP contribution in [0.3, 0.4) is 0 Å². The lowest BCUT2D eigenvalue weighted by atomic mass is 10.1. The van der Waals surface area contributed by atoms with Crippen molar-refractivity contribution in [2.24, 2.45) is 0 Å². The molecular formula is C20H21Cl2N7O6. The van der Waals surface area contributed by atoms with E-state index >= 15 is 0 Å². The van der Waals surface area contributed by atoms with Crippen molar-refractivity contribution in [3.63, 3.8) is 0 Å². The Labute approximate surface area is 208 Å². The summed E-state index contributed by atoms with van der Waals surface area (Å²) in [6, 6.07) is 3.48. The summed E-state index contributed by atoms with van der Waals surface area (Å²) >= 11 is 12.0. The maximum Gasteiger partial charge on any atom is 0.408 e. The number of carbonyl (C=O) groups is 2. The molecule has 0 bridgehead atoms. The van der Waals surface area contributed by atoms with Gasteiger partial charge in [-0.15, -0.1) is 0 Å². The fourth-order valence-corrected chi connectivity index (χ4v) is 3.28. The van der Waals surface area contributed by atoms with Crippen LogP contribution in [0, 0.1) is 30.9 Å². The van der Waals surface area contributed by atoms with Gasteiger partial charge in [-0.1, -0.05) is 28.4 Å². The second-order valence-corrected chi connectivity index (χ2v) is 8.18. The van der Waals surface area contributed by atoms with Gasteiger partial charge in [-0.05, 0) is 49.0 Å². The Morgan fingerprint density at radius 3 is 2.43 bits per heavy atom. The number of hydrogen-bond acceptors (Lipinski definition) is 9. The molecule has 0 aliphatic rings. The predicted molar refractivity (Wildman–Crippen MR) is 124 cm³/mol. The minimum Gasteiger partial charge on any atom is -0.484 e. The van der Waals surface area contributed by atoms with Gasteiger partial charge < -0.3 is 30.0 Å². The third-order valence-corrected chi connectivity index (χ3v) is 5.79. The van der Waals surface area contributed by atoms with Gasteiger partial charge in [0.25, 0.3) is 5.91 Å². The van der Waals surface area contributed by atoms with E-state index in [1.165, 1.54) is 4.68 Å². The summed E-state index contributed by atoms with van der Waals surface area (Å²) in [6.45, 7) is 5.20. The van der Waals surface area contributed by atoms with E-state index in [2.05, 4.69) is 25.9 Å². The molecule has 0 radical (unpaired) electrons. The maximum atomic E-state index is 12.2. The standard InChI is InChI=1S/C20H21Cl2N7O6/c1-10-6-13(7-11(2)16(10)21)34-9-15(30)23-4-5-24-19(31)20-25-14(27-35-20)8-28-12(3)17(22)18(26-28)29(32)33/h6-7H,4-5,8-9H2,1-3H3,(H,23,30)(H,24,31). The number of nitrogens with one attached hydrogen (secondary N) is 2. The Morgan fingerprint density at radius 2 is 1.80 bits per heavy atom. The summed E-state index contributed by atoms with van der Waals surface area (Å²) in [4.78, 5) is 38.3. The Hall–Kier alpha value is -3.71. The van der Waals surface area contributed by atoms with E-state index in [-0.39, 0.29) is 48.9 Å². The minimum atomic E-state index is -0.703. The Kier molecular flexibility index (Phi) is 8.25. The molecule has 15 heteroatoms. The lowest BCUT2D eigenvalue weighted by Gasteiger charge is -2.10. The number of aromatic nitrogens is 4. The van der Waals surface area contributed by atoms with Crippen molar-refractivity contribution in [2.45, 2.75) is 27.3 Å². The number of nitrogens with zero attached hydrogens (tertiary/aromatic N) is 5. The molecule has 3 rings (SSSR count). The maximum absolute atomic E-state index is 12.2. The van der Waals surface area contributed by atoms with Gasteiger partial charge in [0.05, 0.1) is 10.8 Å². The highest BCUT2D eigenvalue weighted by Crippen LogP contribution is 2.27. The normalized spacial score (nSPS) is 10.8. The van der Waals surface area contributed by atoms with Crippen molar-refractivity contribution in [3.8, 4) is 5.75 Å². The van der Waals surface area contributed by atoms with Crippen molar-refractivity contribution < 1.29 is 23.8 Å². The van der Waals surface area contributed by atoms with Crippen LogP contribution in [-0.2, 0) is 11.3 Å². The molecule has 0 unspecified atom stereocenters. The van der Waals surface area contributed by atoms with E-state index in [0.29, 0.717) is 16.5 Å². The largest absolute Gasteiger partial charge is 0.484 e. The Morgan fingerprint density at radius 1 is 1.14 bits per heavy atom. The van der Waals surface area contributed by atoms with Crippen LogP contribution in [0.4, 0.5) is 5.82 Å². The number of rotatable bonds is 10. The Balaban J connectivity index is 1.42. The number of ether oxygens (including phenoxy) is 1. The van der Waals surface area contributed by atoms with Crippen LogP contribution in [0.5, 0.6) is 5.75 Å². The van der Waals surface area contributed by atoms with E-state index in [9.17, 15) is 19.7 Å². The molecule has 3 aromatic rings. The smallest absolute Gasteiger partial charge is 0.408 e. The van der Waals surface area contributed by atoms with E-state index < -0.39 is 16.6 Å². The van der Waals surface area contributed by atoms with E-state index in [1.807, 2.05) is 13.8 Å². The zero-order chi connectivity index (χ0) is 25.7. The molecule has 13 nitrogen and oxygen atoms in total. The van der Waals surface area contributed by atoms with Crippen LogP contribution in [0.15, 0.2) is 16.7 Å². The molecule has 0 saturated carbocycles. The molecule has 0 aliphatic heterocycles. The number of benzene rings is 1. The SMILES string of the molecule is Cc1cc(OCC(=O)NCCNC(=O)c2nc(Cn3nc([N+](=O)[O-])c(Cl)c3C)no2)cc(C)c1Cl. The summed E-state index contributed by atoms with van der Waals surface area (Å²) < 4.78 is 11.6. The third kappa shape index (κ3) is 6.45. The monoisotopic (exact) mass is 525 g/mol. The highest BCUT2D eigenvalue weighted by atomic mass is 35.5. The van der Waals surface area contributed by atoms with Crippen LogP contribution in [0.1, 0.15) is 33.3 Å². The molecular weight excluding hydrogens is 505 g/mol. The van der Waals surface area contributed by atoms with Crippen LogP contribution in [-0.4, -0.2) is 56.4 Å². The van der Waals surface area contributed by atoms with Crippen LogP contribution in [0.2, 0.25) is 10.0 Å². The topological polar surface area (TPSA) is 167 Å². The van der Waals surface area contributed by atoms with Crippen molar-refractivity contribution in [1.82, 2.24) is 30.6 Å². The second-order valence-electron chi connectivity index (χ2n) is 7.42. The average molecular weight is 526 g/mol. The number of carbonyl (C=O) groups excluding carboxylic acids is 2. The molecule has 2 aromatic heterocycles. The molecule has 2 heterocycles. The highest BCUT2D eigenvalue weighted by Gasteiger charge is 2.25. The van der Waals surface area contributed by atoms with E-state index in [0.717, 1.165) is 11.1 Å². The van der Waals surface area contributed by atoms with Crippen molar-refractivity contribution in [3.05, 3.63) is 60.8 Å². The molecule has 0 fully saturated rings. The zero-order valence-corrected chi connectivity index (χ0v) is 20.4. The lowest BCUT2D eigenvalue weighted by molar-refractivity contribution is -0.389. The molecule has 186 valence electrons. The summed E-state index contributed by atoms with van der Waals surface area (Å²) in [5.74, 6) is -1.22. The molecule has 0 saturated heterocycles. The van der Waals surface area contributed by atoms with Crippen LogP contribution in [0.25, 0.3) is 0 Å². The molecule has 1 aromatic carbocycles. The number of aryl methyl sites for hydroxylation is 2. The van der Waals surface area contributed by atoms with Crippen molar-refractivity contribution >= 4 is 40.8 Å². The number of halogens is 2. The van der Waals surface area contributed by atoms with Gasteiger partial charge in [0.15, 0.2) is 17.5 Å². The summed E-state index contributed by atoms with van der Waals surface area (Å²) in [6.07, 6.45) is 0. The summed E-state index contributed by atoms with van der Waals surface area (Å²) in [5, 5.41) is 24.1. The number of nitro groups is 1. The molecule has 0 spiro atoms. The van der Waals surface area contributed by atoms with Crippen LogP contribution < -0.4 is 15.4 Å². The highest BCUT2D eigenvalue weighted by molar-refractivity contribution is 6.33. The van der Waals surface area contributed by atoms with Gasteiger partial charge in [-0.3, -0.25) is 9.59 Å². The van der Waals surface area contributed by atoms with E-state index in [4.69, 9.17) is 32.5 Å². The van der Waals surface area contributed by atoms with Crippen molar-refractivity contribution in [2.75, 3.05) is 19.7 Å². The van der Waals surface area contributed by atoms with Gasteiger partial charge in [-0.25, -0.2) is 0 Å². The summed E-state index contributed by atoms with van der Waals surface area (Å²) in [5.41, 5.74) is 2.04. The fraction of sp³-hybridized carbons (Fsp3) is 0.350. The molecule has 2 N–H and O–H groups in total. The quantitative estimate of drug-likeness (QED) is 0.229. The first-order valence-corrected chi connectivity index (χ1v) is 11.0. The molecule has 2 amide bonds. The first-order chi connectivity index (χ1) is 16.6. The lowest BCUT2D eigenvalue weighted by Crippen LogP contribution is -2.36. The fourth-order valence-electron chi connectivity index (χ4n) is 2.97. The Bertz CT molecular complexity index is 1250. The van der Waals surface area contributed by atoms with Gasteiger partial charge in [0.2, 0.25) is 0 Å². The van der Waals surface area contributed by atoms with Gasteiger partial charge in [0.1, 0.15) is 12.3 Å². The first kappa shape index (κ1) is 25.9. The third-order valence-electron chi connectivity index (χ3n) is 4.76. The van der Waals surface area contributed by atoms with Crippen LogP contribution >= 0.6 is 23.2 Å². The summed E-state index contributed by atoms with van der Waals surface area (Å²) in [7, 11) is 0.